The van der Waals surface area contributed by atoms with E-state index in [1.807, 2.05) is 60.9 Å². The van der Waals surface area contributed by atoms with Gasteiger partial charge in [-0.1, -0.05) is 28.1 Å². The molecular weight excluding hydrogens is 316 g/mol. The van der Waals surface area contributed by atoms with Crippen molar-refractivity contribution >= 4 is 32.2 Å². The Morgan fingerprint density at radius 3 is 2.50 bits per heavy atom. The molecule has 0 atom stereocenters. The Bertz CT molecular complexity index is 973. The third kappa shape index (κ3) is 1.58. The molecule has 0 saturated heterocycles. The van der Waals surface area contributed by atoms with Gasteiger partial charge >= 0.3 is 5.69 Å². The highest BCUT2D eigenvalue weighted by atomic mass is 79.9. The highest BCUT2D eigenvalue weighted by molar-refractivity contribution is 9.10. The van der Waals surface area contributed by atoms with Crippen molar-refractivity contribution < 1.29 is 4.57 Å². The highest BCUT2D eigenvalue weighted by Crippen LogP contribution is 2.19. The van der Waals surface area contributed by atoms with Crippen LogP contribution in [0.25, 0.3) is 22.0 Å². The molecule has 4 aromatic rings. The van der Waals surface area contributed by atoms with Gasteiger partial charge in [0, 0.05) is 9.86 Å². The third-order valence-electron chi connectivity index (χ3n) is 3.53. The molecule has 0 saturated carbocycles. The normalized spacial score (nSPS) is 11.4. The number of benzene rings is 2. The fourth-order valence-corrected chi connectivity index (χ4v) is 2.85. The first-order valence-corrected chi connectivity index (χ1v) is 7.07. The summed E-state index contributed by atoms with van der Waals surface area (Å²) in [5, 5.41) is 2.14. The van der Waals surface area contributed by atoms with Crippen LogP contribution in [-0.2, 0) is 0 Å². The average molecular weight is 326 g/mol. The molecular formula is C16H10BrN2O+. The van der Waals surface area contributed by atoms with Crippen LogP contribution < -0.4 is 10.3 Å². The van der Waals surface area contributed by atoms with Gasteiger partial charge in [-0.05, 0) is 36.4 Å². The van der Waals surface area contributed by atoms with Gasteiger partial charge in [-0.15, -0.1) is 0 Å². The van der Waals surface area contributed by atoms with Crippen LogP contribution in [0.4, 0.5) is 0 Å². The minimum atomic E-state index is -0.0546. The van der Waals surface area contributed by atoms with Crippen LogP contribution in [0, 0.1) is 0 Å². The van der Waals surface area contributed by atoms with Crippen molar-refractivity contribution in [2.75, 3.05) is 0 Å². The number of halogens is 1. The van der Waals surface area contributed by atoms with E-state index in [-0.39, 0.29) is 5.69 Å². The second kappa shape index (κ2) is 4.15. The Morgan fingerprint density at radius 2 is 1.70 bits per heavy atom. The molecule has 20 heavy (non-hydrogen) atoms. The van der Waals surface area contributed by atoms with E-state index in [1.54, 1.807) is 8.97 Å². The first-order chi connectivity index (χ1) is 9.74. The van der Waals surface area contributed by atoms with Crippen molar-refractivity contribution in [3.8, 4) is 5.69 Å². The van der Waals surface area contributed by atoms with Gasteiger partial charge in [0.15, 0.2) is 5.52 Å². The molecule has 0 fully saturated rings. The van der Waals surface area contributed by atoms with E-state index in [9.17, 15) is 4.79 Å². The topological polar surface area (TPSA) is 25.4 Å². The maximum Gasteiger partial charge on any atom is 0.508 e. The van der Waals surface area contributed by atoms with E-state index in [4.69, 9.17) is 0 Å². The minimum absolute atomic E-state index is 0.0546. The van der Waals surface area contributed by atoms with E-state index in [0.29, 0.717) is 0 Å². The molecule has 0 N–H and O–H groups in total. The number of aromatic nitrogens is 2. The molecule has 4 heteroatoms. The number of hydrogen-bond donors (Lipinski definition) is 0. The summed E-state index contributed by atoms with van der Waals surface area (Å²) in [4.78, 5) is 12.6. The molecule has 0 aliphatic carbocycles. The summed E-state index contributed by atoms with van der Waals surface area (Å²) in [7, 11) is 0. The second-order valence-electron chi connectivity index (χ2n) is 4.73. The lowest BCUT2D eigenvalue weighted by molar-refractivity contribution is -0.614. The third-order valence-corrected chi connectivity index (χ3v) is 4.06. The summed E-state index contributed by atoms with van der Waals surface area (Å²) >= 11 is 3.41. The number of hydrogen-bond acceptors (Lipinski definition) is 1. The van der Waals surface area contributed by atoms with Crippen LogP contribution >= 0.6 is 15.9 Å². The van der Waals surface area contributed by atoms with E-state index in [2.05, 4.69) is 15.9 Å². The maximum atomic E-state index is 12.6. The second-order valence-corrected chi connectivity index (χ2v) is 5.64. The zero-order valence-corrected chi connectivity index (χ0v) is 12.0. The fraction of sp³-hybridized carbons (Fsp3) is 0. The molecule has 0 bridgehead atoms. The lowest BCUT2D eigenvalue weighted by atomic mass is 10.2. The van der Waals surface area contributed by atoms with Gasteiger partial charge in [0.1, 0.15) is 18.1 Å². The van der Waals surface area contributed by atoms with Gasteiger partial charge in [-0.2, -0.15) is 13.8 Å². The average Bonchev–Trinajstić information content (AvgIpc) is 2.90. The fourth-order valence-electron chi connectivity index (χ4n) is 2.58. The Kier molecular flexibility index (Phi) is 2.41. The quantitative estimate of drug-likeness (QED) is 0.494. The van der Waals surface area contributed by atoms with Crippen LogP contribution in [-0.4, -0.2) is 4.40 Å². The van der Waals surface area contributed by atoms with Crippen LogP contribution in [0.1, 0.15) is 0 Å². The number of nitrogens with zero attached hydrogens (tertiary/aromatic N) is 2. The van der Waals surface area contributed by atoms with Gasteiger partial charge in [-0.3, -0.25) is 0 Å². The van der Waals surface area contributed by atoms with Gasteiger partial charge < -0.3 is 0 Å². The molecule has 3 nitrogen and oxygen atoms in total. The zero-order valence-electron chi connectivity index (χ0n) is 10.5. The van der Waals surface area contributed by atoms with Crippen LogP contribution in [0.3, 0.4) is 0 Å². The first-order valence-electron chi connectivity index (χ1n) is 6.28. The summed E-state index contributed by atoms with van der Waals surface area (Å²) in [5.41, 5.74) is 1.78. The van der Waals surface area contributed by atoms with Crippen molar-refractivity contribution in [2.24, 2.45) is 0 Å². The standard InChI is InChI=1S/C16H10BrN2O/c17-13-4-6-14(7-5-13)19-10-12-3-1-2-11-8-9-18(15(11)12)16(19)20/h1-10H/q+1. The molecule has 2 heterocycles. The smallest absolute Gasteiger partial charge is 0.196 e. The Hall–Kier alpha value is -2.20. The summed E-state index contributed by atoms with van der Waals surface area (Å²) in [6.45, 7) is 0. The summed E-state index contributed by atoms with van der Waals surface area (Å²) in [5.74, 6) is 0. The summed E-state index contributed by atoms with van der Waals surface area (Å²) in [6, 6.07) is 15.7. The van der Waals surface area contributed by atoms with Crippen molar-refractivity contribution in [1.82, 2.24) is 4.40 Å². The lowest BCUT2D eigenvalue weighted by Crippen LogP contribution is -2.50. The summed E-state index contributed by atoms with van der Waals surface area (Å²) < 4.78 is 4.37. The monoisotopic (exact) mass is 325 g/mol. The van der Waals surface area contributed by atoms with Crippen molar-refractivity contribution in [2.45, 2.75) is 0 Å². The molecule has 0 aliphatic heterocycles. The van der Waals surface area contributed by atoms with E-state index < -0.39 is 0 Å². The molecule has 0 unspecified atom stereocenters. The van der Waals surface area contributed by atoms with E-state index >= 15 is 0 Å². The van der Waals surface area contributed by atoms with Crippen molar-refractivity contribution in [1.29, 1.82) is 0 Å². The van der Waals surface area contributed by atoms with E-state index in [0.717, 1.165) is 26.4 Å². The number of para-hydroxylation sites is 1. The van der Waals surface area contributed by atoms with Gasteiger partial charge in [0.2, 0.25) is 0 Å². The van der Waals surface area contributed by atoms with Crippen LogP contribution in [0.5, 0.6) is 0 Å². The Balaban J connectivity index is 2.12. The van der Waals surface area contributed by atoms with E-state index in [1.165, 1.54) is 0 Å². The van der Waals surface area contributed by atoms with Crippen LogP contribution in [0.15, 0.2) is 70.2 Å². The van der Waals surface area contributed by atoms with Crippen molar-refractivity contribution in [3.05, 3.63) is 75.9 Å². The predicted molar refractivity (Wildman–Crippen MR) is 81.6 cm³/mol. The number of rotatable bonds is 1. The molecule has 96 valence electrons. The van der Waals surface area contributed by atoms with Gasteiger partial charge in [-0.25, -0.2) is 0 Å². The molecule has 2 aromatic carbocycles. The molecule has 0 aliphatic rings. The molecule has 4 rings (SSSR count). The Labute approximate surface area is 123 Å². The van der Waals surface area contributed by atoms with Crippen LogP contribution in [0.2, 0.25) is 0 Å². The maximum absolute atomic E-state index is 12.6. The Morgan fingerprint density at radius 1 is 0.950 bits per heavy atom. The SMILES string of the molecule is O=c1n2ccc3cccc(c[n+]1-c1ccc(Br)cc1)c32. The van der Waals surface area contributed by atoms with Gasteiger partial charge in [0.25, 0.3) is 0 Å². The summed E-state index contributed by atoms with van der Waals surface area (Å²) in [6.07, 6.45) is 3.73. The molecule has 0 radical (unpaired) electrons. The minimum Gasteiger partial charge on any atom is -0.196 e. The predicted octanol–water partition coefficient (Wildman–Crippen LogP) is 2.93. The lowest BCUT2D eigenvalue weighted by Gasteiger charge is -2.01. The largest absolute Gasteiger partial charge is 0.508 e. The molecule has 0 amide bonds. The van der Waals surface area contributed by atoms with Gasteiger partial charge in [0.05, 0.1) is 5.39 Å². The zero-order chi connectivity index (χ0) is 13.7. The molecule has 2 aromatic heterocycles. The highest BCUT2D eigenvalue weighted by Gasteiger charge is 2.17. The first kappa shape index (κ1) is 11.6. The molecule has 0 spiro atoms. The van der Waals surface area contributed by atoms with Crippen molar-refractivity contribution in [3.63, 3.8) is 0 Å².